The van der Waals surface area contributed by atoms with Crippen LogP contribution in [0.1, 0.15) is 49.0 Å². The van der Waals surface area contributed by atoms with Crippen molar-refractivity contribution in [2.45, 2.75) is 68.3 Å². The topological polar surface area (TPSA) is 165 Å². The van der Waals surface area contributed by atoms with Crippen LogP contribution in [0.4, 0.5) is 0 Å². The average molecular weight is 777 g/mol. The van der Waals surface area contributed by atoms with Gasteiger partial charge in [0.1, 0.15) is 29.9 Å². The van der Waals surface area contributed by atoms with Crippen LogP contribution in [0.3, 0.4) is 0 Å². The Morgan fingerprint density at radius 3 is 2.42 bits per heavy atom. The fraction of sp³-hybridized carbons (Fsp3) is 0.395. The van der Waals surface area contributed by atoms with E-state index in [9.17, 15) is 14.7 Å². The molecular weight excluding hydrogens is 729 g/mol. The van der Waals surface area contributed by atoms with E-state index in [1.807, 2.05) is 36.4 Å². The van der Waals surface area contributed by atoms with Gasteiger partial charge in [0.15, 0.2) is 0 Å². The predicted octanol–water partition coefficient (Wildman–Crippen LogP) is 3.89. The number of aliphatic hydroxyl groups excluding tert-OH is 1. The smallest absolute Gasteiger partial charge is 0.313 e. The number of ether oxygens (including phenoxy) is 3. The van der Waals surface area contributed by atoms with E-state index in [1.165, 1.54) is 16.9 Å². The maximum atomic E-state index is 15.2. The van der Waals surface area contributed by atoms with Gasteiger partial charge in [-0.3, -0.25) is 19.2 Å². The highest BCUT2D eigenvalue weighted by molar-refractivity contribution is 5.98. The number of allylic oxidation sites excluding steroid dienone is 1. The number of carbonyl (C=O) groups excluding carboxylic acids is 4. The molecule has 0 aliphatic carbocycles. The normalized spacial score (nSPS) is 23.8. The number of aliphatic hydroxyl groups is 1. The molecule has 1 aromatic heterocycles. The molecule has 298 valence electrons. The Morgan fingerprint density at radius 2 is 1.74 bits per heavy atom. The monoisotopic (exact) mass is 776 g/mol. The Morgan fingerprint density at radius 1 is 1.04 bits per heavy atom. The number of para-hydroxylation sites is 1. The molecule has 8 atom stereocenters. The second kappa shape index (κ2) is 17.2. The van der Waals surface area contributed by atoms with E-state index in [0.29, 0.717) is 41.4 Å². The fourth-order valence-corrected chi connectivity index (χ4v) is 8.86. The van der Waals surface area contributed by atoms with Gasteiger partial charge < -0.3 is 34.4 Å². The van der Waals surface area contributed by atoms with Gasteiger partial charge in [0.05, 0.1) is 48.8 Å². The third-order valence-corrected chi connectivity index (χ3v) is 11.3. The van der Waals surface area contributed by atoms with Gasteiger partial charge in [0.25, 0.3) is 0 Å². The minimum atomic E-state index is -1.42. The van der Waals surface area contributed by atoms with Crippen molar-refractivity contribution >= 4 is 34.7 Å². The van der Waals surface area contributed by atoms with Crippen molar-refractivity contribution in [2.75, 3.05) is 26.9 Å². The standard InChI is InChI=1S/C43H48N6O8/c1-4-6-21-35(51)44-31(26-55-3)38(29-17-11-8-12-18-29)56-42(54)36-34-22-23-43(57-34)37(36)40(52)49(33(25-50)28-15-9-7-10-16-28)39(43)41(53)47(24-5-2)27-48-32-20-14-13-19-30(32)45-46-48/h4-5,7-20,31,33-34,36-39,50H,1-2,6,21-27H2,3H3,(H,44,51)/t31-,33+,34-,36+,37+,38-,39-,43+/m0/s1. The van der Waals surface area contributed by atoms with Gasteiger partial charge in [-0.25, -0.2) is 4.68 Å². The molecule has 3 fully saturated rings. The minimum Gasteiger partial charge on any atom is -0.455 e. The van der Waals surface area contributed by atoms with Crippen LogP contribution in [0.5, 0.6) is 0 Å². The van der Waals surface area contributed by atoms with Crippen LogP contribution in [0.25, 0.3) is 11.0 Å². The number of hydrogen-bond acceptors (Lipinski definition) is 10. The lowest BCUT2D eigenvalue weighted by molar-refractivity contribution is -0.163. The maximum absolute atomic E-state index is 15.2. The summed E-state index contributed by atoms with van der Waals surface area (Å²) in [5.41, 5.74) is 1.19. The van der Waals surface area contributed by atoms with Crippen molar-refractivity contribution in [3.63, 3.8) is 0 Å². The van der Waals surface area contributed by atoms with E-state index in [-0.39, 0.29) is 32.1 Å². The van der Waals surface area contributed by atoms with E-state index in [4.69, 9.17) is 14.2 Å². The van der Waals surface area contributed by atoms with Crippen LogP contribution in [0.2, 0.25) is 0 Å². The van der Waals surface area contributed by atoms with Crippen molar-refractivity contribution in [2.24, 2.45) is 11.8 Å². The lowest BCUT2D eigenvalue weighted by atomic mass is 9.70. The summed E-state index contributed by atoms with van der Waals surface area (Å²) in [7, 11) is 1.49. The zero-order chi connectivity index (χ0) is 40.1. The predicted molar refractivity (Wildman–Crippen MR) is 209 cm³/mol. The largest absolute Gasteiger partial charge is 0.455 e. The number of carbonyl (C=O) groups is 4. The molecule has 0 unspecified atom stereocenters. The molecule has 3 aliphatic rings. The van der Waals surface area contributed by atoms with Crippen molar-refractivity contribution in [1.82, 2.24) is 30.1 Å². The molecule has 57 heavy (non-hydrogen) atoms. The van der Waals surface area contributed by atoms with Gasteiger partial charge in [0.2, 0.25) is 17.7 Å². The zero-order valence-corrected chi connectivity index (χ0v) is 31.9. The molecule has 4 aromatic rings. The molecule has 14 nitrogen and oxygen atoms in total. The molecule has 1 spiro atoms. The van der Waals surface area contributed by atoms with Crippen molar-refractivity contribution < 1.29 is 38.5 Å². The zero-order valence-electron chi connectivity index (χ0n) is 31.9. The van der Waals surface area contributed by atoms with Crippen LogP contribution in [0, 0.1) is 11.8 Å². The Bertz CT molecular complexity index is 2090. The molecule has 4 heterocycles. The van der Waals surface area contributed by atoms with Crippen LogP contribution in [0.15, 0.2) is 110 Å². The molecule has 2 N–H and O–H groups in total. The number of hydrogen-bond donors (Lipinski definition) is 2. The first-order chi connectivity index (χ1) is 27.8. The van der Waals surface area contributed by atoms with Crippen LogP contribution >= 0.6 is 0 Å². The van der Waals surface area contributed by atoms with Gasteiger partial charge in [-0.1, -0.05) is 90.2 Å². The van der Waals surface area contributed by atoms with E-state index >= 15 is 9.59 Å². The fourth-order valence-electron chi connectivity index (χ4n) is 8.86. The Balaban J connectivity index is 1.26. The molecule has 3 amide bonds. The SMILES string of the molecule is C=CCCC(=O)N[C@@H](COC)[C@@H](OC(=O)[C@@H]1[C@@H]2CC[C@]3(O2)[C@H](C(=O)N(CC=C)Cn2nnc4ccccc42)N([C@H](CO)c2ccccc2)C(=O)[C@@H]13)c1ccccc1. The first-order valence-corrected chi connectivity index (χ1v) is 19.2. The van der Waals surface area contributed by atoms with Gasteiger partial charge in [0, 0.05) is 20.1 Å². The van der Waals surface area contributed by atoms with E-state index in [2.05, 4.69) is 28.8 Å². The quantitative estimate of drug-likeness (QED) is 0.112. The Kier molecular flexibility index (Phi) is 11.9. The molecular formula is C43H48N6O8. The number of amides is 3. The number of nitrogens with one attached hydrogen (secondary N) is 1. The summed E-state index contributed by atoms with van der Waals surface area (Å²) in [6.07, 6.45) is 2.89. The molecule has 3 saturated heterocycles. The minimum absolute atomic E-state index is 0.00711. The number of likely N-dealkylation sites (tertiary alicyclic amines) is 1. The van der Waals surface area contributed by atoms with Crippen LogP contribution in [-0.2, 0) is 40.1 Å². The van der Waals surface area contributed by atoms with Crippen LogP contribution in [-0.4, -0.2) is 104 Å². The van der Waals surface area contributed by atoms with Gasteiger partial charge in [-0.15, -0.1) is 18.3 Å². The highest BCUT2D eigenvalue weighted by atomic mass is 16.6. The second-order valence-electron chi connectivity index (χ2n) is 14.7. The number of aromatic nitrogens is 3. The number of benzene rings is 3. The number of rotatable bonds is 18. The molecule has 3 aliphatic heterocycles. The number of esters is 1. The maximum Gasteiger partial charge on any atom is 0.313 e. The van der Waals surface area contributed by atoms with Gasteiger partial charge in [-0.2, -0.15) is 0 Å². The number of fused-ring (bicyclic) bond motifs is 2. The first kappa shape index (κ1) is 39.5. The lowest BCUT2D eigenvalue weighted by Gasteiger charge is -2.39. The van der Waals surface area contributed by atoms with Gasteiger partial charge >= 0.3 is 5.97 Å². The molecule has 14 heteroatoms. The Labute approximate surface area is 331 Å². The molecule has 7 rings (SSSR count). The summed E-state index contributed by atoms with van der Waals surface area (Å²) in [6.45, 7) is 7.24. The van der Waals surface area contributed by atoms with E-state index < -0.39 is 72.2 Å². The van der Waals surface area contributed by atoms with Crippen molar-refractivity contribution in [3.8, 4) is 0 Å². The summed E-state index contributed by atoms with van der Waals surface area (Å²) >= 11 is 0. The van der Waals surface area contributed by atoms with Crippen molar-refractivity contribution in [3.05, 3.63) is 121 Å². The summed E-state index contributed by atoms with van der Waals surface area (Å²) in [4.78, 5) is 61.0. The van der Waals surface area contributed by atoms with E-state index in [0.717, 1.165) is 0 Å². The lowest BCUT2D eigenvalue weighted by Crippen LogP contribution is -2.57. The Hall–Kier alpha value is -5.70. The number of methoxy groups -OCH3 is 1. The third-order valence-electron chi connectivity index (χ3n) is 11.3. The second-order valence-corrected chi connectivity index (χ2v) is 14.7. The van der Waals surface area contributed by atoms with Crippen LogP contribution < -0.4 is 5.32 Å². The van der Waals surface area contributed by atoms with Gasteiger partial charge in [-0.05, 0) is 42.5 Å². The van der Waals surface area contributed by atoms with Crippen molar-refractivity contribution in [1.29, 1.82) is 0 Å². The first-order valence-electron chi connectivity index (χ1n) is 19.2. The molecule has 0 radical (unpaired) electrons. The average Bonchev–Trinajstić information content (AvgIpc) is 3.99. The molecule has 2 bridgehead atoms. The third kappa shape index (κ3) is 7.47. The number of nitrogens with zero attached hydrogens (tertiary/aromatic N) is 5. The summed E-state index contributed by atoms with van der Waals surface area (Å²) < 4.78 is 20.2. The summed E-state index contributed by atoms with van der Waals surface area (Å²) in [5, 5.41) is 22.5. The summed E-state index contributed by atoms with van der Waals surface area (Å²) in [6, 6.07) is 22.5. The highest BCUT2D eigenvalue weighted by Crippen LogP contribution is 2.60. The summed E-state index contributed by atoms with van der Waals surface area (Å²) in [5.74, 6) is -4.09. The molecule has 0 saturated carbocycles. The highest BCUT2D eigenvalue weighted by Gasteiger charge is 2.76. The van der Waals surface area contributed by atoms with E-state index in [1.54, 1.807) is 65.4 Å². The molecule has 3 aromatic carbocycles.